The summed E-state index contributed by atoms with van der Waals surface area (Å²) < 4.78 is 4.97. The Bertz CT molecular complexity index is 213. The summed E-state index contributed by atoms with van der Waals surface area (Å²) in [4.78, 5) is 11.4. The molecule has 0 spiro atoms. The molecule has 13 heavy (non-hydrogen) atoms. The summed E-state index contributed by atoms with van der Waals surface area (Å²) in [6.45, 7) is 5.25. The van der Waals surface area contributed by atoms with Gasteiger partial charge < -0.3 is 10.1 Å². The lowest BCUT2D eigenvalue weighted by Crippen LogP contribution is -2.14. The molecule has 0 radical (unpaired) electrons. The highest BCUT2D eigenvalue weighted by atomic mass is 16.5. The third-order valence-corrected chi connectivity index (χ3v) is 2.18. The lowest BCUT2D eigenvalue weighted by Gasteiger charge is -2.08. The molecule has 1 fully saturated rings. The number of ether oxygens (including phenoxy) is 1. The molecule has 1 N–H and O–H groups in total. The Morgan fingerprint density at radius 1 is 1.54 bits per heavy atom. The van der Waals surface area contributed by atoms with Crippen molar-refractivity contribution in [3.05, 3.63) is 11.3 Å². The van der Waals surface area contributed by atoms with Crippen molar-refractivity contribution in [2.45, 2.75) is 33.1 Å². The van der Waals surface area contributed by atoms with E-state index in [2.05, 4.69) is 5.32 Å². The molecule has 0 saturated carbocycles. The Kier molecular flexibility index (Phi) is 3.80. The fourth-order valence-corrected chi connectivity index (χ4v) is 1.55. The predicted octanol–water partition coefficient (Wildman–Crippen LogP) is 1.60. The molecule has 0 bridgehead atoms. The van der Waals surface area contributed by atoms with Crippen LogP contribution in [0.25, 0.3) is 0 Å². The number of nitrogens with one attached hydrogen (secondary N) is 1. The van der Waals surface area contributed by atoms with E-state index in [0.29, 0.717) is 6.61 Å². The molecule has 74 valence electrons. The number of allylic oxidation sites excluding steroid dienone is 1. The van der Waals surface area contributed by atoms with Crippen molar-refractivity contribution in [2.24, 2.45) is 0 Å². The standard InChI is InChI=1S/C10H17NO2/c1-3-8(10(12)13-4-2)9-6-5-7-11-9/h11H,3-7H2,1-2H3. The molecule has 1 rings (SSSR count). The highest BCUT2D eigenvalue weighted by Gasteiger charge is 2.17. The maximum Gasteiger partial charge on any atom is 0.335 e. The van der Waals surface area contributed by atoms with Crippen LogP contribution in [0.5, 0.6) is 0 Å². The number of hydrogen-bond donors (Lipinski definition) is 1. The quantitative estimate of drug-likeness (QED) is 0.533. The second-order valence-corrected chi connectivity index (χ2v) is 3.06. The normalized spacial score (nSPS) is 19.5. The van der Waals surface area contributed by atoms with Crippen LogP contribution < -0.4 is 5.32 Å². The van der Waals surface area contributed by atoms with E-state index in [1.165, 1.54) is 0 Å². The van der Waals surface area contributed by atoms with Crippen LogP contribution in [0.4, 0.5) is 0 Å². The first kappa shape index (κ1) is 10.1. The van der Waals surface area contributed by atoms with Crippen molar-refractivity contribution in [2.75, 3.05) is 13.2 Å². The minimum Gasteiger partial charge on any atom is -0.463 e. The molecule has 0 atom stereocenters. The van der Waals surface area contributed by atoms with Crippen LogP contribution in [0.3, 0.4) is 0 Å². The molecule has 1 saturated heterocycles. The number of carbonyl (C=O) groups excluding carboxylic acids is 1. The molecule has 0 aliphatic carbocycles. The van der Waals surface area contributed by atoms with Crippen LogP contribution in [0.1, 0.15) is 33.1 Å². The van der Waals surface area contributed by atoms with Gasteiger partial charge in [0, 0.05) is 12.2 Å². The summed E-state index contributed by atoms with van der Waals surface area (Å²) in [5.74, 6) is -0.158. The van der Waals surface area contributed by atoms with E-state index in [-0.39, 0.29) is 5.97 Å². The molecule has 0 aromatic carbocycles. The van der Waals surface area contributed by atoms with Gasteiger partial charge in [0.05, 0.1) is 12.2 Å². The fourth-order valence-electron chi connectivity index (χ4n) is 1.55. The summed E-state index contributed by atoms with van der Waals surface area (Å²) in [5, 5.41) is 3.23. The van der Waals surface area contributed by atoms with E-state index in [1.54, 1.807) is 0 Å². The second kappa shape index (κ2) is 4.90. The smallest absolute Gasteiger partial charge is 0.335 e. The molecule has 3 heteroatoms. The van der Waals surface area contributed by atoms with E-state index in [0.717, 1.165) is 37.1 Å². The molecule has 0 amide bonds. The summed E-state index contributed by atoms with van der Waals surface area (Å²) in [6.07, 6.45) is 2.86. The van der Waals surface area contributed by atoms with Gasteiger partial charge in [0.2, 0.25) is 0 Å². The van der Waals surface area contributed by atoms with Crippen molar-refractivity contribution >= 4 is 5.97 Å². The summed E-state index contributed by atoms with van der Waals surface area (Å²) in [7, 11) is 0. The van der Waals surface area contributed by atoms with Crippen LogP contribution in [0.2, 0.25) is 0 Å². The summed E-state index contributed by atoms with van der Waals surface area (Å²) in [6, 6.07) is 0. The largest absolute Gasteiger partial charge is 0.463 e. The number of hydrogen-bond acceptors (Lipinski definition) is 3. The van der Waals surface area contributed by atoms with Crippen molar-refractivity contribution < 1.29 is 9.53 Å². The van der Waals surface area contributed by atoms with Crippen molar-refractivity contribution in [3.63, 3.8) is 0 Å². The second-order valence-electron chi connectivity index (χ2n) is 3.06. The van der Waals surface area contributed by atoms with Crippen LogP contribution in [0.15, 0.2) is 11.3 Å². The Labute approximate surface area is 79.2 Å². The Balaban J connectivity index is 2.70. The van der Waals surface area contributed by atoms with E-state index in [9.17, 15) is 4.79 Å². The van der Waals surface area contributed by atoms with Gasteiger partial charge in [0.25, 0.3) is 0 Å². The van der Waals surface area contributed by atoms with Gasteiger partial charge in [-0.15, -0.1) is 0 Å². The first-order valence-electron chi connectivity index (χ1n) is 4.92. The monoisotopic (exact) mass is 183 g/mol. The summed E-state index contributed by atoms with van der Waals surface area (Å²) in [5.41, 5.74) is 1.90. The highest BCUT2D eigenvalue weighted by Crippen LogP contribution is 2.17. The van der Waals surface area contributed by atoms with Crippen LogP contribution in [-0.4, -0.2) is 19.1 Å². The van der Waals surface area contributed by atoms with E-state index in [1.807, 2.05) is 13.8 Å². The van der Waals surface area contributed by atoms with E-state index in [4.69, 9.17) is 4.74 Å². The SMILES string of the molecule is CCOC(=O)C(CC)=C1CCCN1. The molecule has 1 aliphatic heterocycles. The maximum absolute atomic E-state index is 11.4. The van der Waals surface area contributed by atoms with Crippen molar-refractivity contribution in [3.8, 4) is 0 Å². The molecule has 0 aromatic heterocycles. The Morgan fingerprint density at radius 2 is 2.31 bits per heavy atom. The maximum atomic E-state index is 11.4. The van der Waals surface area contributed by atoms with Crippen LogP contribution >= 0.6 is 0 Å². The lowest BCUT2D eigenvalue weighted by molar-refractivity contribution is -0.138. The highest BCUT2D eigenvalue weighted by molar-refractivity contribution is 5.89. The Hall–Kier alpha value is -0.990. The van der Waals surface area contributed by atoms with Gasteiger partial charge in [-0.1, -0.05) is 6.92 Å². The average Bonchev–Trinajstić information content (AvgIpc) is 2.59. The van der Waals surface area contributed by atoms with Crippen LogP contribution in [0, 0.1) is 0 Å². The number of esters is 1. The van der Waals surface area contributed by atoms with E-state index < -0.39 is 0 Å². The zero-order valence-electron chi connectivity index (χ0n) is 8.35. The van der Waals surface area contributed by atoms with Gasteiger partial charge in [-0.05, 0) is 26.2 Å². The van der Waals surface area contributed by atoms with Gasteiger partial charge in [-0.3, -0.25) is 0 Å². The lowest BCUT2D eigenvalue weighted by atomic mass is 10.1. The topological polar surface area (TPSA) is 38.3 Å². The zero-order chi connectivity index (χ0) is 9.68. The zero-order valence-corrected chi connectivity index (χ0v) is 8.35. The minimum absolute atomic E-state index is 0.158. The van der Waals surface area contributed by atoms with E-state index >= 15 is 0 Å². The third kappa shape index (κ3) is 2.47. The van der Waals surface area contributed by atoms with Gasteiger partial charge in [0.15, 0.2) is 0 Å². The molecule has 1 aliphatic rings. The molecular weight excluding hydrogens is 166 g/mol. The number of carbonyl (C=O) groups is 1. The molecule has 0 unspecified atom stereocenters. The predicted molar refractivity (Wildman–Crippen MR) is 51.2 cm³/mol. The van der Waals surface area contributed by atoms with Crippen LogP contribution in [-0.2, 0) is 9.53 Å². The first-order valence-corrected chi connectivity index (χ1v) is 4.92. The summed E-state index contributed by atoms with van der Waals surface area (Å²) >= 11 is 0. The average molecular weight is 183 g/mol. The minimum atomic E-state index is -0.158. The number of rotatable bonds is 3. The Morgan fingerprint density at radius 3 is 2.77 bits per heavy atom. The van der Waals surface area contributed by atoms with Gasteiger partial charge in [-0.25, -0.2) is 4.79 Å². The van der Waals surface area contributed by atoms with Gasteiger partial charge >= 0.3 is 5.97 Å². The fraction of sp³-hybridized carbons (Fsp3) is 0.700. The van der Waals surface area contributed by atoms with Gasteiger partial charge in [-0.2, -0.15) is 0 Å². The third-order valence-electron chi connectivity index (χ3n) is 2.18. The molecule has 0 aromatic rings. The van der Waals surface area contributed by atoms with Gasteiger partial charge in [0.1, 0.15) is 0 Å². The van der Waals surface area contributed by atoms with Crippen molar-refractivity contribution in [1.29, 1.82) is 0 Å². The molecule has 3 nitrogen and oxygen atoms in total. The molecular formula is C10H17NO2. The molecule has 1 heterocycles. The van der Waals surface area contributed by atoms with Crippen molar-refractivity contribution in [1.82, 2.24) is 5.32 Å². The first-order chi connectivity index (χ1) is 6.29.